The summed E-state index contributed by atoms with van der Waals surface area (Å²) in [6.07, 6.45) is 0.559. The number of hydrogen-bond donors (Lipinski definition) is 3. The monoisotopic (exact) mass is 229 g/mol. The van der Waals surface area contributed by atoms with Crippen LogP contribution in [0.2, 0.25) is 0 Å². The van der Waals surface area contributed by atoms with Crippen molar-refractivity contribution in [2.75, 3.05) is 20.3 Å². The molecule has 1 atom stereocenters. The van der Waals surface area contributed by atoms with Gasteiger partial charge in [0.1, 0.15) is 5.71 Å². The Balaban J connectivity index is 2.48. The van der Waals surface area contributed by atoms with Crippen LogP contribution in [0.4, 0.5) is 0 Å². The van der Waals surface area contributed by atoms with Gasteiger partial charge in [-0.05, 0) is 0 Å². The summed E-state index contributed by atoms with van der Waals surface area (Å²) in [5, 5.41) is 15.1. The zero-order valence-electron chi connectivity index (χ0n) is 9.02. The average Bonchev–Trinajstić information content (AvgIpc) is 2.29. The lowest BCUT2D eigenvalue weighted by Crippen LogP contribution is -2.45. The number of methoxy groups -OCH3 is 1. The van der Waals surface area contributed by atoms with E-state index in [9.17, 15) is 9.59 Å². The van der Waals surface area contributed by atoms with Crippen LogP contribution in [0.25, 0.3) is 0 Å². The van der Waals surface area contributed by atoms with E-state index < -0.39 is 11.9 Å². The first-order valence-corrected chi connectivity index (χ1v) is 4.93. The maximum atomic E-state index is 11.6. The number of nitrogens with zero attached hydrogens (tertiary/aromatic N) is 1. The minimum absolute atomic E-state index is 0.202. The predicted molar refractivity (Wildman–Crippen MR) is 55.7 cm³/mol. The summed E-state index contributed by atoms with van der Waals surface area (Å²) in [4.78, 5) is 22.4. The van der Waals surface area contributed by atoms with Gasteiger partial charge in [-0.3, -0.25) is 9.59 Å². The van der Waals surface area contributed by atoms with Crippen LogP contribution in [0.15, 0.2) is 5.10 Å². The molecule has 0 saturated heterocycles. The quantitative estimate of drug-likeness (QED) is 0.527. The molecule has 0 aromatic heterocycles. The van der Waals surface area contributed by atoms with Crippen molar-refractivity contribution < 1.29 is 19.4 Å². The smallest absolute Gasteiger partial charge is 0.267 e. The van der Waals surface area contributed by atoms with E-state index in [1.54, 1.807) is 0 Å². The van der Waals surface area contributed by atoms with Crippen LogP contribution in [-0.2, 0) is 14.3 Å². The number of ether oxygens (including phenoxy) is 1. The molecule has 0 saturated carbocycles. The van der Waals surface area contributed by atoms with E-state index >= 15 is 0 Å². The van der Waals surface area contributed by atoms with Crippen molar-refractivity contribution in [2.24, 2.45) is 5.10 Å². The topological polar surface area (TPSA) is 100 Å². The normalized spacial score (nSPS) is 17.4. The van der Waals surface area contributed by atoms with E-state index in [4.69, 9.17) is 9.84 Å². The van der Waals surface area contributed by atoms with E-state index in [1.807, 2.05) is 0 Å². The molecule has 2 amide bonds. The highest BCUT2D eigenvalue weighted by Crippen LogP contribution is 2.00. The zero-order chi connectivity index (χ0) is 12.0. The first-order valence-electron chi connectivity index (χ1n) is 4.93. The van der Waals surface area contributed by atoms with Crippen molar-refractivity contribution in [3.8, 4) is 0 Å². The maximum absolute atomic E-state index is 11.6. The Labute approximate surface area is 92.8 Å². The highest BCUT2D eigenvalue weighted by molar-refractivity contribution is 6.39. The molecule has 1 rings (SSSR count). The molecule has 0 aromatic rings. The maximum Gasteiger partial charge on any atom is 0.267 e. The number of carbonyl (C=O) groups is 2. The average molecular weight is 229 g/mol. The van der Waals surface area contributed by atoms with Gasteiger partial charge in [0.2, 0.25) is 5.91 Å². The van der Waals surface area contributed by atoms with Crippen molar-refractivity contribution in [2.45, 2.75) is 18.9 Å². The number of rotatable bonds is 5. The number of aliphatic hydroxyl groups is 1. The van der Waals surface area contributed by atoms with Gasteiger partial charge in [-0.15, -0.1) is 0 Å². The van der Waals surface area contributed by atoms with Crippen LogP contribution in [0.5, 0.6) is 0 Å². The van der Waals surface area contributed by atoms with Gasteiger partial charge in [-0.25, -0.2) is 5.43 Å². The molecule has 1 unspecified atom stereocenters. The van der Waals surface area contributed by atoms with Crippen LogP contribution in [-0.4, -0.2) is 49.0 Å². The molecule has 1 heterocycles. The third-order valence-corrected chi connectivity index (χ3v) is 2.09. The van der Waals surface area contributed by atoms with E-state index in [0.717, 1.165) is 0 Å². The molecule has 0 fully saturated rings. The summed E-state index contributed by atoms with van der Waals surface area (Å²) in [5.74, 6) is -0.594. The Bertz CT molecular complexity index is 303. The third-order valence-electron chi connectivity index (χ3n) is 2.09. The number of aliphatic hydroxyl groups excluding tert-OH is 1. The molecule has 0 bridgehead atoms. The number of nitrogens with one attached hydrogen (secondary N) is 2. The molecule has 0 aromatic carbocycles. The van der Waals surface area contributed by atoms with Crippen molar-refractivity contribution in [3.63, 3.8) is 0 Å². The van der Waals surface area contributed by atoms with Crippen molar-refractivity contribution >= 4 is 17.5 Å². The number of amides is 2. The van der Waals surface area contributed by atoms with E-state index in [-0.39, 0.29) is 31.3 Å². The number of carbonyl (C=O) groups excluding carboxylic acids is 2. The second-order valence-corrected chi connectivity index (χ2v) is 3.40. The SMILES string of the molecule is COCC(CO)NC(=O)C1=NNC(=O)CC1. The molecular weight excluding hydrogens is 214 g/mol. The molecule has 0 aliphatic carbocycles. The Hall–Kier alpha value is -1.47. The Morgan fingerprint density at radius 3 is 2.94 bits per heavy atom. The lowest BCUT2D eigenvalue weighted by molar-refractivity contribution is -0.121. The number of hydrazone groups is 1. The Morgan fingerprint density at radius 1 is 1.69 bits per heavy atom. The van der Waals surface area contributed by atoms with Gasteiger partial charge in [0, 0.05) is 20.0 Å². The molecule has 16 heavy (non-hydrogen) atoms. The molecule has 3 N–H and O–H groups in total. The van der Waals surface area contributed by atoms with E-state index in [1.165, 1.54) is 7.11 Å². The van der Waals surface area contributed by atoms with Crippen molar-refractivity contribution in [3.05, 3.63) is 0 Å². The summed E-state index contributed by atoms with van der Waals surface area (Å²) in [7, 11) is 1.48. The van der Waals surface area contributed by atoms with Crippen molar-refractivity contribution in [1.29, 1.82) is 0 Å². The van der Waals surface area contributed by atoms with Gasteiger partial charge >= 0.3 is 0 Å². The molecule has 1 aliphatic rings. The standard InChI is InChI=1S/C9H15N3O4/c1-16-5-6(4-13)10-9(15)7-2-3-8(14)12-11-7/h6,13H,2-5H2,1H3,(H,10,15)(H,12,14). The largest absolute Gasteiger partial charge is 0.394 e. The first-order chi connectivity index (χ1) is 7.67. The third kappa shape index (κ3) is 3.59. The summed E-state index contributed by atoms with van der Waals surface area (Å²) >= 11 is 0. The lowest BCUT2D eigenvalue weighted by atomic mass is 10.1. The molecule has 0 radical (unpaired) electrons. The summed E-state index contributed by atoms with van der Waals surface area (Å²) in [6.45, 7) is 0.0150. The molecule has 90 valence electrons. The van der Waals surface area contributed by atoms with Crippen LogP contribution in [0.1, 0.15) is 12.8 Å². The zero-order valence-corrected chi connectivity index (χ0v) is 9.02. The van der Waals surface area contributed by atoms with Gasteiger partial charge in [0.25, 0.3) is 5.91 Å². The Kier molecular flexibility index (Phi) is 4.87. The van der Waals surface area contributed by atoms with Crippen LogP contribution < -0.4 is 10.7 Å². The van der Waals surface area contributed by atoms with Gasteiger partial charge in [-0.1, -0.05) is 0 Å². The fourth-order valence-electron chi connectivity index (χ4n) is 1.25. The summed E-state index contributed by atoms with van der Waals surface area (Å²) in [6, 6.07) is -0.460. The van der Waals surface area contributed by atoms with E-state index in [2.05, 4.69) is 15.8 Å². The van der Waals surface area contributed by atoms with Gasteiger partial charge in [0.15, 0.2) is 0 Å². The fraction of sp³-hybridized carbons (Fsp3) is 0.667. The molecule has 0 spiro atoms. The molecule has 7 heteroatoms. The van der Waals surface area contributed by atoms with Crippen molar-refractivity contribution in [1.82, 2.24) is 10.7 Å². The Morgan fingerprint density at radius 2 is 2.44 bits per heavy atom. The van der Waals surface area contributed by atoms with Gasteiger partial charge in [0.05, 0.1) is 19.3 Å². The first kappa shape index (κ1) is 12.6. The predicted octanol–water partition coefficient (Wildman–Crippen LogP) is -1.62. The number of hydrogen-bond acceptors (Lipinski definition) is 5. The van der Waals surface area contributed by atoms with Crippen LogP contribution in [0, 0.1) is 0 Å². The highest BCUT2D eigenvalue weighted by atomic mass is 16.5. The highest BCUT2D eigenvalue weighted by Gasteiger charge is 2.20. The minimum atomic E-state index is -0.460. The van der Waals surface area contributed by atoms with Crippen LogP contribution >= 0.6 is 0 Å². The fourth-order valence-corrected chi connectivity index (χ4v) is 1.25. The van der Waals surface area contributed by atoms with Crippen LogP contribution in [0.3, 0.4) is 0 Å². The second kappa shape index (κ2) is 6.19. The van der Waals surface area contributed by atoms with E-state index in [0.29, 0.717) is 6.42 Å². The van der Waals surface area contributed by atoms with Gasteiger partial charge in [-0.2, -0.15) is 5.10 Å². The molecule has 7 nitrogen and oxygen atoms in total. The summed E-state index contributed by atoms with van der Waals surface area (Å²) in [5.41, 5.74) is 2.49. The molecule has 1 aliphatic heterocycles. The second-order valence-electron chi connectivity index (χ2n) is 3.40. The molecular formula is C9H15N3O4. The summed E-state index contributed by atoms with van der Waals surface area (Å²) < 4.78 is 4.82. The van der Waals surface area contributed by atoms with Gasteiger partial charge < -0.3 is 15.2 Å². The lowest BCUT2D eigenvalue weighted by Gasteiger charge is -2.17. The minimum Gasteiger partial charge on any atom is -0.394 e.